The Morgan fingerprint density at radius 2 is 2.19 bits per heavy atom. The van der Waals surface area contributed by atoms with Gasteiger partial charge in [-0.05, 0) is 51.4 Å². The molecule has 1 fully saturated rings. The average Bonchev–Trinajstić information content (AvgIpc) is 3.11. The van der Waals surface area contributed by atoms with E-state index in [1.54, 1.807) is 13.2 Å². The van der Waals surface area contributed by atoms with Crippen LogP contribution in [0, 0.1) is 0 Å². The Morgan fingerprint density at radius 1 is 1.43 bits per heavy atom. The molecule has 1 saturated heterocycles. The van der Waals surface area contributed by atoms with Gasteiger partial charge in [-0.2, -0.15) is 0 Å². The highest BCUT2D eigenvalue weighted by molar-refractivity contribution is 5.73. The molecule has 2 atom stereocenters. The van der Waals surface area contributed by atoms with Crippen LogP contribution in [0.4, 0.5) is 4.79 Å². The van der Waals surface area contributed by atoms with Crippen LogP contribution in [0.5, 0.6) is 0 Å². The van der Waals surface area contributed by atoms with E-state index >= 15 is 0 Å². The van der Waals surface area contributed by atoms with E-state index in [0.29, 0.717) is 19.5 Å². The second-order valence-corrected chi connectivity index (χ2v) is 5.55. The molecule has 1 aliphatic rings. The molecule has 2 rings (SSSR count). The lowest BCUT2D eigenvalue weighted by Crippen LogP contribution is -2.42. The molecule has 0 bridgehead atoms. The van der Waals surface area contributed by atoms with Gasteiger partial charge in [0.1, 0.15) is 5.76 Å². The molecule has 2 amide bonds. The maximum Gasteiger partial charge on any atom is 0.314 e. The van der Waals surface area contributed by atoms with E-state index in [2.05, 4.69) is 15.5 Å². The maximum atomic E-state index is 11.8. The summed E-state index contributed by atoms with van der Waals surface area (Å²) in [6, 6.07) is 3.72. The van der Waals surface area contributed by atoms with E-state index in [1.807, 2.05) is 12.1 Å². The van der Waals surface area contributed by atoms with E-state index in [1.165, 1.54) is 12.8 Å². The van der Waals surface area contributed by atoms with Crippen LogP contribution in [0.15, 0.2) is 22.8 Å². The molecule has 2 heterocycles. The number of urea groups is 1. The van der Waals surface area contributed by atoms with Crippen LogP contribution in [0.1, 0.15) is 38.0 Å². The highest BCUT2D eigenvalue weighted by atomic mass is 16.3. The van der Waals surface area contributed by atoms with Gasteiger partial charge in [-0.15, -0.1) is 0 Å². The standard InChI is InChI=1S/C15H25N3O3/c1-12(19)6-7-16-15(20)17-11-13(14-5-4-10-21-14)18-8-2-3-9-18/h4-5,10,12-13,19H,2-3,6-9,11H2,1H3,(H2,16,17,20). The van der Waals surface area contributed by atoms with Gasteiger partial charge in [-0.1, -0.05) is 0 Å². The molecule has 6 heteroatoms. The fourth-order valence-electron chi connectivity index (χ4n) is 2.59. The van der Waals surface area contributed by atoms with E-state index in [-0.39, 0.29) is 12.1 Å². The fourth-order valence-corrected chi connectivity index (χ4v) is 2.59. The minimum absolute atomic E-state index is 0.0880. The predicted molar refractivity (Wildman–Crippen MR) is 80.0 cm³/mol. The number of aliphatic hydroxyl groups excluding tert-OH is 1. The zero-order valence-electron chi connectivity index (χ0n) is 12.5. The zero-order chi connectivity index (χ0) is 15.1. The minimum Gasteiger partial charge on any atom is -0.468 e. The summed E-state index contributed by atoms with van der Waals surface area (Å²) in [6.07, 6.45) is 4.21. The number of furan rings is 1. The fraction of sp³-hybridized carbons (Fsp3) is 0.667. The Kier molecular flexibility index (Phi) is 6.07. The van der Waals surface area contributed by atoms with Gasteiger partial charge in [-0.25, -0.2) is 4.79 Å². The van der Waals surface area contributed by atoms with Crippen molar-refractivity contribution in [2.45, 2.75) is 38.3 Å². The van der Waals surface area contributed by atoms with Gasteiger partial charge in [0.05, 0.1) is 18.4 Å². The van der Waals surface area contributed by atoms with Crippen molar-refractivity contribution in [2.75, 3.05) is 26.2 Å². The third-order valence-electron chi connectivity index (χ3n) is 3.76. The molecular weight excluding hydrogens is 270 g/mol. The summed E-state index contributed by atoms with van der Waals surface area (Å²) in [5.41, 5.74) is 0. The lowest BCUT2D eigenvalue weighted by molar-refractivity contribution is 0.182. The molecule has 118 valence electrons. The van der Waals surface area contributed by atoms with Gasteiger partial charge < -0.3 is 20.2 Å². The first-order valence-corrected chi connectivity index (χ1v) is 7.64. The van der Waals surface area contributed by atoms with Crippen LogP contribution in [0.3, 0.4) is 0 Å². The summed E-state index contributed by atoms with van der Waals surface area (Å²) in [5.74, 6) is 0.890. The van der Waals surface area contributed by atoms with Crippen molar-refractivity contribution in [3.8, 4) is 0 Å². The van der Waals surface area contributed by atoms with Gasteiger partial charge >= 0.3 is 6.03 Å². The molecule has 0 saturated carbocycles. The molecule has 0 aromatic carbocycles. The number of likely N-dealkylation sites (tertiary alicyclic amines) is 1. The number of nitrogens with zero attached hydrogens (tertiary/aromatic N) is 1. The van der Waals surface area contributed by atoms with Gasteiger partial charge in [0, 0.05) is 13.1 Å². The molecular formula is C15H25N3O3. The SMILES string of the molecule is CC(O)CCNC(=O)NCC(c1ccco1)N1CCCC1. The number of aliphatic hydroxyl groups is 1. The molecule has 1 aliphatic heterocycles. The third kappa shape index (κ3) is 5.06. The van der Waals surface area contributed by atoms with E-state index < -0.39 is 6.10 Å². The van der Waals surface area contributed by atoms with Crippen LogP contribution in [-0.2, 0) is 0 Å². The molecule has 2 unspecified atom stereocenters. The minimum atomic E-state index is -0.397. The first-order valence-electron chi connectivity index (χ1n) is 7.64. The Bertz CT molecular complexity index is 414. The maximum absolute atomic E-state index is 11.8. The summed E-state index contributed by atoms with van der Waals surface area (Å²) in [7, 11) is 0. The lowest BCUT2D eigenvalue weighted by Gasteiger charge is -2.26. The third-order valence-corrected chi connectivity index (χ3v) is 3.76. The first kappa shape index (κ1) is 15.9. The van der Waals surface area contributed by atoms with Crippen LogP contribution in [0.25, 0.3) is 0 Å². The van der Waals surface area contributed by atoms with Crippen molar-refractivity contribution in [3.05, 3.63) is 24.2 Å². The zero-order valence-corrected chi connectivity index (χ0v) is 12.5. The molecule has 3 N–H and O–H groups in total. The molecule has 0 spiro atoms. The Morgan fingerprint density at radius 3 is 2.81 bits per heavy atom. The quantitative estimate of drug-likeness (QED) is 0.712. The topological polar surface area (TPSA) is 77.7 Å². The molecule has 1 aromatic rings. The Balaban J connectivity index is 1.80. The van der Waals surface area contributed by atoms with Crippen molar-refractivity contribution in [1.29, 1.82) is 0 Å². The highest BCUT2D eigenvalue weighted by Gasteiger charge is 2.25. The van der Waals surface area contributed by atoms with Crippen LogP contribution >= 0.6 is 0 Å². The number of amides is 2. The van der Waals surface area contributed by atoms with Crippen LogP contribution < -0.4 is 10.6 Å². The van der Waals surface area contributed by atoms with E-state index in [4.69, 9.17) is 9.52 Å². The van der Waals surface area contributed by atoms with Crippen molar-refractivity contribution in [3.63, 3.8) is 0 Å². The Labute approximate surface area is 125 Å². The van der Waals surface area contributed by atoms with Crippen LogP contribution in [0.2, 0.25) is 0 Å². The van der Waals surface area contributed by atoms with Crippen molar-refractivity contribution in [1.82, 2.24) is 15.5 Å². The summed E-state index contributed by atoms with van der Waals surface area (Å²) in [4.78, 5) is 14.1. The predicted octanol–water partition coefficient (Wildman–Crippen LogP) is 1.49. The molecule has 21 heavy (non-hydrogen) atoms. The summed E-state index contributed by atoms with van der Waals surface area (Å²) in [5, 5.41) is 14.8. The second-order valence-electron chi connectivity index (χ2n) is 5.55. The van der Waals surface area contributed by atoms with E-state index in [9.17, 15) is 4.79 Å². The summed E-state index contributed by atoms with van der Waals surface area (Å²) >= 11 is 0. The number of nitrogens with one attached hydrogen (secondary N) is 2. The average molecular weight is 295 g/mol. The summed E-state index contributed by atoms with van der Waals surface area (Å²) < 4.78 is 5.51. The van der Waals surface area contributed by atoms with Crippen molar-refractivity contribution < 1.29 is 14.3 Å². The number of carbonyl (C=O) groups is 1. The number of hydrogen-bond donors (Lipinski definition) is 3. The van der Waals surface area contributed by atoms with Crippen molar-refractivity contribution >= 4 is 6.03 Å². The molecule has 0 radical (unpaired) electrons. The van der Waals surface area contributed by atoms with Gasteiger partial charge in [-0.3, -0.25) is 4.90 Å². The smallest absolute Gasteiger partial charge is 0.314 e. The van der Waals surface area contributed by atoms with Gasteiger partial charge in [0.25, 0.3) is 0 Å². The van der Waals surface area contributed by atoms with Gasteiger partial charge in [0.2, 0.25) is 0 Å². The summed E-state index contributed by atoms with van der Waals surface area (Å²) in [6.45, 7) is 4.78. The normalized spacial score (nSPS) is 18.4. The number of carbonyl (C=O) groups excluding carboxylic acids is 1. The number of hydrogen-bond acceptors (Lipinski definition) is 4. The lowest BCUT2D eigenvalue weighted by atomic mass is 10.2. The molecule has 0 aliphatic carbocycles. The van der Waals surface area contributed by atoms with Crippen molar-refractivity contribution in [2.24, 2.45) is 0 Å². The second kappa shape index (κ2) is 8.05. The molecule has 1 aromatic heterocycles. The molecule has 6 nitrogen and oxygen atoms in total. The largest absolute Gasteiger partial charge is 0.468 e. The van der Waals surface area contributed by atoms with Crippen LogP contribution in [-0.4, -0.2) is 48.3 Å². The monoisotopic (exact) mass is 295 g/mol. The number of rotatable bonds is 7. The van der Waals surface area contributed by atoms with Gasteiger partial charge in [0.15, 0.2) is 0 Å². The van der Waals surface area contributed by atoms with E-state index in [0.717, 1.165) is 18.8 Å². The first-order chi connectivity index (χ1) is 10.2. The highest BCUT2D eigenvalue weighted by Crippen LogP contribution is 2.24. The Hall–Kier alpha value is -1.53.